The first-order valence-corrected chi connectivity index (χ1v) is 8.82. The van der Waals surface area contributed by atoms with Gasteiger partial charge in [0.25, 0.3) is 0 Å². The summed E-state index contributed by atoms with van der Waals surface area (Å²) in [4.78, 5) is 36.3. The van der Waals surface area contributed by atoms with Crippen LogP contribution in [0.1, 0.15) is 66.7 Å². The van der Waals surface area contributed by atoms with E-state index in [2.05, 4.69) is 0 Å². The number of nitrogens with two attached hydrogens (primary N) is 1. The number of ether oxygens (including phenoxy) is 2. The molecule has 1 rings (SSSR count). The molecule has 1 fully saturated rings. The van der Waals surface area contributed by atoms with Gasteiger partial charge in [-0.15, -0.1) is 0 Å². The Bertz CT molecular complexity index is 502. The Morgan fingerprint density at radius 3 is 1.96 bits per heavy atom. The van der Waals surface area contributed by atoms with Crippen LogP contribution < -0.4 is 5.73 Å². The van der Waals surface area contributed by atoms with Crippen molar-refractivity contribution in [1.29, 1.82) is 0 Å². The molecule has 25 heavy (non-hydrogen) atoms. The van der Waals surface area contributed by atoms with E-state index in [1.165, 1.54) is 0 Å². The fourth-order valence-corrected chi connectivity index (χ4v) is 2.83. The van der Waals surface area contributed by atoms with E-state index in [1.807, 2.05) is 0 Å². The molecule has 0 saturated heterocycles. The van der Waals surface area contributed by atoms with Crippen molar-refractivity contribution in [3.63, 3.8) is 0 Å². The molecule has 0 bridgehead atoms. The van der Waals surface area contributed by atoms with E-state index in [9.17, 15) is 19.5 Å². The molecule has 7 nitrogen and oxygen atoms in total. The molecule has 7 heteroatoms. The zero-order chi connectivity index (χ0) is 19.4. The highest BCUT2D eigenvalue weighted by Gasteiger charge is 2.49. The van der Waals surface area contributed by atoms with Crippen molar-refractivity contribution in [2.24, 2.45) is 22.5 Å². The second-order valence-electron chi connectivity index (χ2n) is 8.20. The maximum atomic E-state index is 12.5. The highest BCUT2D eigenvalue weighted by atomic mass is 16.7. The smallest absolute Gasteiger partial charge is 0.327 e. The number of carbonyl (C=O) groups is 3. The molecule has 0 aromatic heterocycles. The van der Waals surface area contributed by atoms with Crippen molar-refractivity contribution in [1.82, 2.24) is 0 Å². The number of hydrogen-bond donors (Lipinski definition) is 2. The molecule has 0 aliphatic heterocycles. The molecule has 144 valence electrons. The summed E-state index contributed by atoms with van der Waals surface area (Å²) >= 11 is 0. The standard InChI is InChI=1S/C18H31NO6/c1-11(2)14(25-16(23)17(3,4)5)24-13(20)12(19)18(15(21)22)9-7-6-8-10-18/h11-12,14H,6-10,19H2,1-5H3,(H,21,22). The lowest BCUT2D eigenvalue weighted by molar-refractivity contribution is -0.205. The lowest BCUT2D eigenvalue weighted by atomic mass is 9.69. The highest BCUT2D eigenvalue weighted by Crippen LogP contribution is 2.39. The number of carbonyl (C=O) groups excluding carboxylic acids is 2. The summed E-state index contributed by atoms with van der Waals surface area (Å²) in [5.74, 6) is -2.71. The van der Waals surface area contributed by atoms with Crippen molar-refractivity contribution in [3.8, 4) is 0 Å². The molecule has 3 N–H and O–H groups in total. The number of aliphatic carboxylic acids is 1. The Morgan fingerprint density at radius 1 is 1.04 bits per heavy atom. The van der Waals surface area contributed by atoms with E-state index < -0.39 is 41.1 Å². The van der Waals surface area contributed by atoms with Crippen molar-refractivity contribution in [2.75, 3.05) is 0 Å². The molecule has 1 aliphatic carbocycles. The van der Waals surface area contributed by atoms with Crippen LogP contribution in [0.5, 0.6) is 0 Å². The number of esters is 2. The van der Waals surface area contributed by atoms with E-state index in [1.54, 1.807) is 34.6 Å². The Labute approximate surface area is 149 Å². The molecule has 1 saturated carbocycles. The molecule has 0 amide bonds. The van der Waals surface area contributed by atoms with Crippen molar-refractivity contribution in [2.45, 2.75) is 79.1 Å². The van der Waals surface area contributed by atoms with Gasteiger partial charge in [0.15, 0.2) is 0 Å². The second-order valence-corrected chi connectivity index (χ2v) is 8.20. The minimum Gasteiger partial charge on any atom is -0.481 e. The van der Waals surface area contributed by atoms with Crippen molar-refractivity contribution < 1.29 is 29.0 Å². The third kappa shape index (κ3) is 5.17. The summed E-state index contributed by atoms with van der Waals surface area (Å²) in [5.41, 5.74) is 3.94. The topological polar surface area (TPSA) is 116 Å². The fourth-order valence-electron chi connectivity index (χ4n) is 2.83. The highest BCUT2D eigenvalue weighted by molar-refractivity contribution is 5.87. The van der Waals surface area contributed by atoms with Crippen molar-refractivity contribution in [3.05, 3.63) is 0 Å². The van der Waals surface area contributed by atoms with Crippen LogP contribution in [0.25, 0.3) is 0 Å². The van der Waals surface area contributed by atoms with Crippen LogP contribution in [0.15, 0.2) is 0 Å². The predicted octanol–water partition coefficient (Wildman–Crippen LogP) is 2.46. The molecule has 2 unspecified atom stereocenters. The van der Waals surface area contributed by atoms with Gasteiger partial charge < -0.3 is 20.3 Å². The molecule has 0 heterocycles. The number of carboxylic acids is 1. The molecule has 0 aromatic carbocycles. The summed E-state index contributed by atoms with van der Waals surface area (Å²) < 4.78 is 10.6. The molecular formula is C18H31NO6. The summed E-state index contributed by atoms with van der Waals surface area (Å²) in [7, 11) is 0. The molecule has 0 aromatic rings. The summed E-state index contributed by atoms with van der Waals surface area (Å²) in [6.07, 6.45) is 1.92. The zero-order valence-electron chi connectivity index (χ0n) is 15.8. The van der Waals surface area contributed by atoms with E-state index in [0.29, 0.717) is 25.7 Å². The minimum absolute atomic E-state index is 0.283. The Morgan fingerprint density at radius 2 is 1.56 bits per heavy atom. The van der Waals surface area contributed by atoms with Gasteiger partial charge in [-0.3, -0.25) is 14.4 Å². The maximum Gasteiger partial charge on any atom is 0.327 e. The van der Waals surface area contributed by atoms with Gasteiger partial charge in [0.05, 0.1) is 10.8 Å². The maximum absolute atomic E-state index is 12.5. The fraction of sp³-hybridized carbons (Fsp3) is 0.833. The molecule has 0 radical (unpaired) electrons. The monoisotopic (exact) mass is 357 g/mol. The number of rotatable bonds is 6. The van der Waals surface area contributed by atoms with E-state index in [0.717, 1.165) is 6.42 Å². The first-order valence-electron chi connectivity index (χ1n) is 8.82. The van der Waals surface area contributed by atoms with E-state index >= 15 is 0 Å². The van der Waals surface area contributed by atoms with Gasteiger partial charge in [0, 0.05) is 5.92 Å². The van der Waals surface area contributed by atoms with Gasteiger partial charge in [-0.05, 0) is 33.6 Å². The molecule has 1 aliphatic rings. The van der Waals surface area contributed by atoms with Crippen LogP contribution in [0.2, 0.25) is 0 Å². The quantitative estimate of drug-likeness (QED) is 0.554. The SMILES string of the molecule is CC(C)C(OC(=O)C(N)C1(C(=O)O)CCCCC1)OC(=O)C(C)(C)C. The predicted molar refractivity (Wildman–Crippen MR) is 91.4 cm³/mol. The summed E-state index contributed by atoms with van der Waals surface area (Å²) in [6, 6.07) is -1.29. The largest absolute Gasteiger partial charge is 0.481 e. The van der Waals surface area contributed by atoms with E-state index in [-0.39, 0.29) is 5.92 Å². The Hall–Kier alpha value is -1.63. The number of hydrogen-bond acceptors (Lipinski definition) is 6. The average molecular weight is 357 g/mol. The normalized spacial score (nSPS) is 19.8. The Balaban J connectivity index is 2.88. The van der Waals surface area contributed by atoms with Gasteiger partial charge in [-0.1, -0.05) is 33.1 Å². The lowest BCUT2D eigenvalue weighted by Crippen LogP contribution is -2.54. The first kappa shape index (κ1) is 21.4. The third-order valence-electron chi connectivity index (χ3n) is 4.63. The summed E-state index contributed by atoms with van der Waals surface area (Å²) in [6.45, 7) is 8.57. The average Bonchev–Trinajstić information content (AvgIpc) is 2.52. The van der Waals surface area contributed by atoms with Gasteiger partial charge in [-0.25, -0.2) is 0 Å². The van der Waals surface area contributed by atoms with Crippen LogP contribution in [0.4, 0.5) is 0 Å². The lowest BCUT2D eigenvalue weighted by Gasteiger charge is -2.37. The van der Waals surface area contributed by atoms with Gasteiger partial charge >= 0.3 is 17.9 Å². The van der Waals surface area contributed by atoms with Gasteiger partial charge in [-0.2, -0.15) is 0 Å². The second kappa shape index (κ2) is 8.17. The summed E-state index contributed by atoms with van der Waals surface area (Å²) in [5, 5.41) is 9.63. The van der Waals surface area contributed by atoms with Crippen LogP contribution >= 0.6 is 0 Å². The molecule has 2 atom stereocenters. The van der Waals surface area contributed by atoms with Crippen LogP contribution in [0.3, 0.4) is 0 Å². The van der Waals surface area contributed by atoms with Crippen molar-refractivity contribution >= 4 is 17.9 Å². The van der Waals surface area contributed by atoms with Crippen LogP contribution in [-0.2, 0) is 23.9 Å². The third-order valence-corrected chi connectivity index (χ3v) is 4.63. The Kier molecular flexibility index (Phi) is 6.99. The molecule has 0 spiro atoms. The zero-order valence-corrected chi connectivity index (χ0v) is 15.8. The first-order chi connectivity index (χ1) is 11.4. The van der Waals surface area contributed by atoms with Crippen LogP contribution in [-0.4, -0.2) is 35.3 Å². The van der Waals surface area contributed by atoms with Gasteiger partial charge in [0.1, 0.15) is 6.04 Å². The number of carboxylic acid groups (broad SMARTS) is 1. The van der Waals surface area contributed by atoms with Gasteiger partial charge in [0.2, 0.25) is 6.29 Å². The van der Waals surface area contributed by atoms with E-state index in [4.69, 9.17) is 15.2 Å². The molecular weight excluding hydrogens is 326 g/mol. The van der Waals surface area contributed by atoms with Crippen LogP contribution in [0, 0.1) is 16.7 Å². The minimum atomic E-state index is -1.31.